The largest absolute Gasteiger partial charge is 0.489 e. The number of aryl methyl sites for hydroxylation is 2. The fourth-order valence-electron chi connectivity index (χ4n) is 5.02. The Bertz CT molecular complexity index is 1850. The second kappa shape index (κ2) is 10.2. The van der Waals surface area contributed by atoms with Gasteiger partial charge in [0.1, 0.15) is 30.0 Å². The summed E-state index contributed by atoms with van der Waals surface area (Å²) in [4.78, 5) is 9.03. The molecule has 2 aromatic carbocycles. The van der Waals surface area contributed by atoms with Crippen LogP contribution in [0.15, 0.2) is 70.3 Å². The van der Waals surface area contributed by atoms with Gasteiger partial charge < -0.3 is 14.0 Å². The second-order valence-corrected chi connectivity index (χ2v) is 11.3. The minimum Gasteiger partial charge on any atom is -0.489 e. The minimum absolute atomic E-state index is 0.0210. The fourth-order valence-corrected chi connectivity index (χ4v) is 6.51. The highest BCUT2D eigenvalue weighted by Crippen LogP contribution is 2.38. The maximum atomic E-state index is 14.0. The highest BCUT2D eigenvalue weighted by molar-refractivity contribution is 7.90. The van der Waals surface area contributed by atoms with Crippen molar-refractivity contribution in [3.8, 4) is 34.3 Å². The number of hydrogen-bond donors (Lipinski definition) is 0. The maximum Gasteiger partial charge on any atom is 0.269 e. The zero-order valence-corrected chi connectivity index (χ0v) is 22.7. The highest BCUT2D eigenvalue weighted by Gasteiger charge is 2.29. The zero-order valence-electron chi connectivity index (χ0n) is 21.9. The van der Waals surface area contributed by atoms with Crippen molar-refractivity contribution in [1.29, 1.82) is 5.26 Å². The van der Waals surface area contributed by atoms with Gasteiger partial charge in [-0.05, 0) is 50.2 Å². The Morgan fingerprint density at radius 2 is 1.82 bits per heavy atom. The predicted octanol–water partition coefficient (Wildman–Crippen LogP) is 5.04. The van der Waals surface area contributed by atoms with E-state index in [0.717, 1.165) is 12.8 Å². The SMILES string of the molecule is Cc1noc(C)c1-c1cc2c(-c3ccc(OC4CCOCC4)c(C#N)c3)ncnc2n1S(=O)(=O)c1ccccc1. The molecule has 1 saturated heterocycles. The van der Waals surface area contributed by atoms with Gasteiger partial charge in [-0.25, -0.2) is 22.4 Å². The van der Waals surface area contributed by atoms with Crippen LogP contribution in [-0.2, 0) is 14.8 Å². The maximum absolute atomic E-state index is 14.0. The summed E-state index contributed by atoms with van der Waals surface area (Å²) in [6.45, 7) is 4.74. The summed E-state index contributed by atoms with van der Waals surface area (Å²) >= 11 is 0. The smallest absolute Gasteiger partial charge is 0.269 e. The van der Waals surface area contributed by atoms with E-state index < -0.39 is 10.0 Å². The molecule has 11 heteroatoms. The summed E-state index contributed by atoms with van der Waals surface area (Å²) in [6, 6.07) is 17.4. The Morgan fingerprint density at radius 3 is 2.52 bits per heavy atom. The van der Waals surface area contributed by atoms with Gasteiger partial charge in [-0.2, -0.15) is 5.26 Å². The molecule has 0 unspecified atom stereocenters. The van der Waals surface area contributed by atoms with Crippen LogP contribution < -0.4 is 4.74 Å². The Labute approximate surface area is 230 Å². The number of hydrogen-bond acceptors (Lipinski definition) is 9. The zero-order chi connectivity index (χ0) is 27.9. The van der Waals surface area contributed by atoms with Crippen molar-refractivity contribution in [3.63, 3.8) is 0 Å². The van der Waals surface area contributed by atoms with Crippen LogP contribution in [-0.4, -0.2) is 46.8 Å². The molecular weight excluding hydrogens is 530 g/mol. The van der Waals surface area contributed by atoms with E-state index in [1.165, 1.54) is 22.4 Å². The van der Waals surface area contributed by atoms with Crippen LogP contribution in [0.4, 0.5) is 0 Å². The molecule has 1 fully saturated rings. The summed E-state index contributed by atoms with van der Waals surface area (Å²) in [7, 11) is -4.07. The Balaban J connectivity index is 1.54. The summed E-state index contributed by atoms with van der Waals surface area (Å²) < 4.78 is 46.1. The number of ether oxygens (including phenoxy) is 2. The Kier molecular flexibility index (Phi) is 6.57. The Hall–Kier alpha value is -4.53. The van der Waals surface area contributed by atoms with Crippen LogP contribution in [0.25, 0.3) is 33.5 Å². The topological polar surface area (TPSA) is 133 Å². The van der Waals surface area contributed by atoms with E-state index in [-0.39, 0.29) is 16.6 Å². The van der Waals surface area contributed by atoms with Gasteiger partial charge in [0.2, 0.25) is 0 Å². The van der Waals surface area contributed by atoms with Gasteiger partial charge in [-0.3, -0.25) is 0 Å². The summed E-state index contributed by atoms with van der Waals surface area (Å²) in [5, 5.41) is 14.5. The van der Waals surface area contributed by atoms with Gasteiger partial charge in [-0.1, -0.05) is 23.4 Å². The van der Waals surface area contributed by atoms with E-state index >= 15 is 0 Å². The average Bonchev–Trinajstić information content (AvgIpc) is 3.53. The first-order valence-electron chi connectivity index (χ1n) is 12.8. The number of fused-ring (bicyclic) bond motifs is 1. The van der Waals surface area contributed by atoms with Gasteiger partial charge in [0.15, 0.2) is 5.65 Å². The van der Waals surface area contributed by atoms with Gasteiger partial charge in [0.25, 0.3) is 10.0 Å². The van der Waals surface area contributed by atoms with Crippen molar-refractivity contribution in [2.75, 3.05) is 13.2 Å². The van der Waals surface area contributed by atoms with E-state index in [1.54, 1.807) is 50.2 Å². The van der Waals surface area contributed by atoms with Crippen LogP contribution >= 0.6 is 0 Å². The van der Waals surface area contributed by atoms with Crippen molar-refractivity contribution < 1.29 is 22.4 Å². The average molecular weight is 556 g/mol. The lowest BCUT2D eigenvalue weighted by Crippen LogP contribution is -2.26. The quantitative estimate of drug-likeness (QED) is 0.283. The predicted molar refractivity (Wildman–Crippen MR) is 146 cm³/mol. The molecule has 1 aliphatic rings. The van der Waals surface area contributed by atoms with E-state index in [9.17, 15) is 13.7 Å². The van der Waals surface area contributed by atoms with Crippen molar-refractivity contribution in [2.24, 2.45) is 0 Å². The summed E-state index contributed by atoms with van der Waals surface area (Å²) in [5.74, 6) is 0.963. The first-order valence-corrected chi connectivity index (χ1v) is 14.2. The molecule has 0 radical (unpaired) electrons. The molecule has 0 aliphatic carbocycles. The number of aromatic nitrogens is 4. The van der Waals surface area contributed by atoms with Crippen molar-refractivity contribution >= 4 is 21.1 Å². The lowest BCUT2D eigenvalue weighted by Gasteiger charge is -2.23. The third-order valence-corrected chi connectivity index (χ3v) is 8.68. The molecule has 0 saturated carbocycles. The molecule has 6 rings (SSSR count). The van der Waals surface area contributed by atoms with Crippen molar-refractivity contribution in [1.82, 2.24) is 19.1 Å². The lowest BCUT2D eigenvalue weighted by molar-refractivity contribution is 0.0254. The van der Waals surface area contributed by atoms with Crippen molar-refractivity contribution in [2.45, 2.75) is 37.7 Å². The molecule has 1 aliphatic heterocycles. The molecule has 3 aromatic heterocycles. The highest BCUT2D eigenvalue weighted by atomic mass is 32.2. The third kappa shape index (κ3) is 4.41. The van der Waals surface area contributed by atoms with Crippen LogP contribution in [0.5, 0.6) is 5.75 Å². The molecule has 0 bridgehead atoms. The second-order valence-electron chi connectivity index (χ2n) is 9.52. The van der Waals surface area contributed by atoms with Crippen LogP contribution in [0.2, 0.25) is 0 Å². The number of rotatable bonds is 6. The van der Waals surface area contributed by atoms with E-state index in [4.69, 9.17) is 14.0 Å². The number of nitrogens with zero attached hydrogens (tertiary/aromatic N) is 5. The first kappa shape index (κ1) is 25.7. The lowest BCUT2D eigenvalue weighted by atomic mass is 10.0. The fraction of sp³-hybridized carbons (Fsp3) is 0.241. The molecule has 202 valence electrons. The number of benzene rings is 2. The molecule has 0 amide bonds. The van der Waals surface area contributed by atoms with Crippen LogP contribution in [0.3, 0.4) is 0 Å². The normalized spacial score (nSPS) is 14.3. The number of nitriles is 1. The molecule has 4 heterocycles. The molecule has 10 nitrogen and oxygen atoms in total. The molecule has 0 spiro atoms. The molecule has 0 atom stereocenters. The molecule has 5 aromatic rings. The van der Waals surface area contributed by atoms with Crippen LogP contribution in [0.1, 0.15) is 29.9 Å². The van der Waals surface area contributed by atoms with Gasteiger partial charge in [0, 0.05) is 23.8 Å². The van der Waals surface area contributed by atoms with E-state index in [2.05, 4.69) is 21.2 Å². The van der Waals surface area contributed by atoms with E-state index in [0.29, 0.717) is 63.9 Å². The van der Waals surface area contributed by atoms with Gasteiger partial charge in [-0.15, -0.1) is 0 Å². The molecule has 0 N–H and O–H groups in total. The minimum atomic E-state index is -4.07. The standard InChI is InChI=1S/C29H25N5O5S/c1-18-27(19(2)39-33-18)25-15-24-28(20-8-9-26(21(14-20)16-30)38-22-10-12-37-13-11-22)31-17-32-29(24)34(25)40(35,36)23-6-4-3-5-7-23/h3-9,14-15,17,22H,10-13H2,1-2H3. The van der Waals surface area contributed by atoms with Gasteiger partial charge >= 0.3 is 0 Å². The van der Waals surface area contributed by atoms with Crippen molar-refractivity contribution in [3.05, 3.63) is 77.9 Å². The van der Waals surface area contributed by atoms with E-state index in [1.807, 2.05) is 6.07 Å². The molecule has 40 heavy (non-hydrogen) atoms. The van der Waals surface area contributed by atoms with Crippen LogP contribution in [0, 0.1) is 25.2 Å². The first-order chi connectivity index (χ1) is 19.4. The van der Waals surface area contributed by atoms with Gasteiger partial charge in [0.05, 0.1) is 46.3 Å². The monoisotopic (exact) mass is 555 g/mol. The molecular formula is C29H25N5O5S. The Morgan fingerprint density at radius 1 is 1.05 bits per heavy atom. The third-order valence-electron chi connectivity index (χ3n) is 6.96. The summed E-state index contributed by atoms with van der Waals surface area (Å²) in [6.07, 6.45) is 2.82. The summed E-state index contributed by atoms with van der Waals surface area (Å²) in [5.41, 5.74) is 3.12.